The van der Waals surface area contributed by atoms with E-state index in [2.05, 4.69) is 0 Å². The van der Waals surface area contributed by atoms with Gasteiger partial charge in [-0.15, -0.1) is 0 Å². The second-order valence-corrected chi connectivity index (χ2v) is 16.5. The Hall–Kier alpha value is -3.71. The molecule has 0 fully saturated rings. The molecule has 0 aliphatic rings. The van der Waals surface area contributed by atoms with E-state index in [1.807, 2.05) is 34.6 Å². The Kier molecular flexibility index (Phi) is 22.3. The summed E-state index contributed by atoms with van der Waals surface area (Å²) in [6.07, 6.45) is 1.28. The predicted molar refractivity (Wildman–Crippen MR) is 199 cm³/mol. The lowest BCUT2D eigenvalue weighted by molar-refractivity contribution is -0.154. The van der Waals surface area contributed by atoms with Crippen molar-refractivity contribution in [2.45, 2.75) is 126 Å². The molecule has 5 N–H and O–H groups in total. The molecular formula is C40H68O14. The monoisotopic (exact) mass is 772 g/mol. The van der Waals surface area contributed by atoms with Crippen molar-refractivity contribution < 1.29 is 68.6 Å². The third kappa shape index (κ3) is 15.9. The molecule has 14 heteroatoms. The quantitative estimate of drug-likeness (QED) is 0.0454. The van der Waals surface area contributed by atoms with Gasteiger partial charge in [-0.25, -0.2) is 0 Å². The lowest BCUT2D eigenvalue weighted by atomic mass is 9.60. The molecule has 0 aromatic rings. The van der Waals surface area contributed by atoms with Crippen molar-refractivity contribution in [2.75, 3.05) is 6.61 Å². The lowest BCUT2D eigenvalue weighted by Gasteiger charge is -2.45. The first-order valence-corrected chi connectivity index (χ1v) is 19.3. The van der Waals surface area contributed by atoms with Crippen molar-refractivity contribution in [3.05, 3.63) is 0 Å². The summed E-state index contributed by atoms with van der Waals surface area (Å²) in [5.74, 6) is -13.3. The molecule has 0 radical (unpaired) electrons. The van der Waals surface area contributed by atoms with Gasteiger partial charge in [-0.2, -0.15) is 0 Å². The number of carbonyl (C=O) groups is 7. The fraction of sp³-hybridized carbons (Fsp3) is 0.825. The molecule has 0 aromatic carbocycles. The summed E-state index contributed by atoms with van der Waals surface area (Å²) in [5, 5.41) is 50.5. The van der Waals surface area contributed by atoms with Crippen LogP contribution in [-0.4, -0.2) is 80.5 Å². The second-order valence-electron chi connectivity index (χ2n) is 16.5. The van der Waals surface area contributed by atoms with Gasteiger partial charge in [0.2, 0.25) is 0 Å². The van der Waals surface area contributed by atoms with Gasteiger partial charge >= 0.3 is 29.8 Å². The predicted octanol–water partition coefficient (Wildman–Crippen LogP) is 6.82. The van der Waals surface area contributed by atoms with Crippen molar-refractivity contribution in [3.8, 4) is 0 Å². The molecular weight excluding hydrogens is 704 g/mol. The lowest BCUT2D eigenvalue weighted by Crippen LogP contribution is -2.42. The van der Waals surface area contributed by atoms with Gasteiger partial charge in [0.25, 0.3) is 12.9 Å². The number of hydrogen-bond donors (Lipinski definition) is 5. The highest BCUT2D eigenvalue weighted by molar-refractivity contribution is 5.71. The van der Waals surface area contributed by atoms with Crippen LogP contribution in [0.2, 0.25) is 0 Å². The fourth-order valence-electron chi connectivity index (χ4n) is 8.27. The number of carbonyl (C=O) groups excluding carboxylic acids is 2. The molecule has 0 aromatic heterocycles. The third-order valence-electron chi connectivity index (χ3n) is 12.7. The van der Waals surface area contributed by atoms with Gasteiger partial charge in [-0.1, -0.05) is 62.3 Å². The zero-order valence-electron chi connectivity index (χ0n) is 33.9. The molecule has 13 unspecified atom stereocenters. The van der Waals surface area contributed by atoms with Crippen molar-refractivity contribution in [1.29, 1.82) is 0 Å². The summed E-state index contributed by atoms with van der Waals surface area (Å²) in [6.45, 7) is 17.6. The van der Waals surface area contributed by atoms with E-state index in [1.165, 1.54) is 0 Å². The highest BCUT2D eigenvalue weighted by Gasteiger charge is 2.44. The summed E-state index contributed by atoms with van der Waals surface area (Å²) in [6, 6.07) is 0. The Morgan fingerprint density at radius 3 is 1.65 bits per heavy atom. The van der Waals surface area contributed by atoms with Gasteiger partial charge < -0.3 is 35.0 Å². The van der Waals surface area contributed by atoms with Crippen LogP contribution in [-0.2, 0) is 43.0 Å². The maximum absolute atomic E-state index is 13.0. The van der Waals surface area contributed by atoms with Crippen LogP contribution < -0.4 is 0 Å². The van der Waals surface area contributed by atoms with Crippen molar-refractivity contribution >= 4 is 42.8 Å². The average molecular weight is 773 g/mol. The highest BCUT2D eigenvalue weighted by atomic mass is 16.5. The molecule has 13 atom stereocenters. The minimum Gasteiger partial charge on any atom is -0.481 e. The molecule has 14 nitrogen and oxygen atoms in total. The van der Waals surface area contributed by atoms with Crippen LogP contribution in [0.3, 0.4) is 0 Å². The van der Waals surface area contributed by atoms with Gasteiger partial charge in [0, 0.05) is 6.42 Å². The van der Waals surface area contributed by atoms with E-state index in [-0.39, 0.29) is 56.8 Å². The van der Waals surface area contributed by atoms with Crippen molar-refractivity contribution in [1.82, 2.24) is 0 Å². The van der Waals surface area contributed by atoms with Crippen LogP contribution >= 0.6 is 0 Å². The summed E-state index contributed by atoms with van der Waals surface area (Å²) in [5.41, 5.74) is -0.999. The number of hydrogen-bond acceptors (Lipinski definition) is 9. The zero-order valence-corrected chi connectivity index (χ0v) is 33.9. The first-order valence-electron chi connectivity index (χ1n) is 19.3. The van der Waals surface area contributed by atoms with E-state index in [1.54, 1.807) is 34.6 Å². The number of aliphatic carboxylic acids is 5. The smallest absolute Gasteiger partial charge is 0.310 e. The van der Waals surface area contributed by atoms with E-state index in [0.717, 1.165) is 0 Å². The van der Waals surface area contributed by atoms with Crippen molar-refractivity contribution in [3.63, 3.8) is 0 Å². The van der Waals surface area contributed by atoms with Crippen molar-refractivity contribution in [2.24, 2.45) is 76.9 Å². The Balaban J connectivity index is 8.13. The van der Waals surface area contributed by atoms with Gasteiger partial charge in [0.1, 0.15) is 12.2 Å². The summed E-state index contributed by atoms with van der Waals surface area (Å²) in [7, 11) is 0. The molecule has 0 bridgehead atoms. The molecule has 0 spiro atoms. The zero-order chi connectivity index (χ0) is 42.1. The van der Waals surface area contributed by atoms with Gasteiger partial charge in [-0.05, 0) is 105 Å². The normalized spacial score (nSPS) is 19.5. The maximum Gasteiger partial charge on any atom is 0.310 e. The number of carboxylic acids is 5. The van der Waals surface area contributed by atoms with Crippen LogP contribution in [0, 0.1) is 76.9 Å². The number of rotatable bonds is 31. The molecule has 54 heavy (non-hydrogen) atoms. The third-order valence-corrected chi connectivity index (χ3v) is 12.7. The summed E-state index contributed by atoms with van der Waals surface area (Å²) in [4.78, 5) is 84.8. The van der Waals surface area contributed by atoms with Crippen LogP contribution in [0.15, 0.2) is 0 Å². The summed E-state index contributed by atoms with van der Waals surface area (Å²) < 4.78 is 10.6. The van der Waals surface area contributed by atoms with Crippen LogP contribution in [0.4, 0.5) is 0 Å². The fourth-order valence-corrected chi connectivity index (χ4v) is 8.27. The number of ether oxygens (including phenoxy) is 2. The first kappa shape index (κ1) is 50.3. The molecule has 0 amide bonds. The number of carboxylic acid groups (broad SMARTS) is 5. The standard InChI is InChI=1S/C40H68O14/c1-11-40(10,54-21-42)26(7)16-30(34(39(51)52)19-53-20-41)17-33(29(14-25(6)37(47)48)13-12-23(4)36(45)46)32(27(8)24(5)15-35(43)44)18-31(22(2)3)28(9)38(49)50/h20-34H,11-19H2,1-10H3,(H,43,44)(H,45,46)(H,47,48)(H,49,50)(H,51,52). The largest absolute Gasteiger partial charge is 0.481 e. The first-order chi connectivity index (χ1) is 25.0. The van der Waals surface area contributed by atoms with Gasteiger partial charge in [0.15, 0.2) is 0 Å². The van der Waals surface area contributed by atoms with Crippen LogP contribution in [0.25, 0.3) is 0 Å². The van der Waals surface area contributed by atoms with Crippen LogP contribution in [0.1, 0.15) is 121 Å². The maximum atomic E-state index is 13.0. The van der Waals surface area contributed by atoms with E-state index in [0.29, 0.717) is 19.3 Å². The molecule has 312 valence electrons. The van der Waals surface area contributed by atoms with Crippen LogP contribution in [0.5, 0.6) is 0 Å². The molecule has 0 aliphatic heterocycles. The summed E-state index contributed by atoms with van der Waals surface area (Å²) >= 11 is 0. The average Bonchev–Trinajstić information content (AvgIpc) is 3.08. The Labute approximate surface area is 320 Å². The van der Waals surface area contributed by atoms with E-state index in [4.69, 9.17) is 9.47 Å². The SMILES string of the molecule is CCC(C)(OC=O)C(C)CC(CC(C(CCC(C)C(=O)O)CC(C)C(=O)O)C(CC(C(C)C)C(C)C(=O)O)C(C)C(C)CC(=O)O)C(COC=O)C(=O)O. The molecule has 0 rings (SSSR count). The van der Waals surface area contributed by atoms with Gasteiger partial charge in [0.05, 0.1) is 23.7 Å². The molecule has 0 saturated heterocycles. The topological polar surface area (TPSA) is 239 Å². The minimum atomic E-state index is -1.25. The highest BCUT2D eigenvalue weighted by Crippen LogP contribution is 2.48. The molecule has 0 saturated carbocycles. The molecule has 0 heterocycles. The van der Waals surface area contributed by atoms with E-state index < -0.39 is 107 Å². The minimum absolute atomic E-state index is 0.0927. The van der Waals surface area contributed by atoms with Gasteiger partial charge in [-0.3, -0.25) is 33.6 Å². The Bertz CT molecular complexity index is 1220. The van der Waals surface area contributed by atoms with E-state index in [9.17, 15) is 59.1 Å². The Morgan fingerprint density at radius 1 is 0.648 bits per heavy atom. The Morgan fingerprint density at radius 2 is 1.22 bits per heavy atom. The van der Waals surface area contributed by atoms with E-state index >= 15 is 0 Å². The molecule has 0 aliphatic carbocycles. The second kappa shape index (κ2) is 23.9.